The Morgan fingerprint density at radius 3 is 2.47 bits per heavy atom. The Bertz CT molecular complexity index is 919. The van der Waals surface area contributed by atoms with Crippen molar-refractivity contribution in [3.8, 4) is 0 Å². The van der Waals surface area contributed by atoms with Crippen molar-refractivity contribution in [3.05, 3.63) is 58.9 Å². The van der Waals surface area contributed by atoms with Gasteiger partial charge in [-0.1, -0.05) is 37.6 Å². The summed E-state index contributed by atoms with van der Waals surface area (Å²) in [5.41, 5.74) is 1.40. The molecular formula is C22H25ClFN3O2S. The molecule has 1 unspecified atom stereocenters. The van der Waals surface area contributed by atoms with Crippen LogP contribution >= 0.6 is 23.4 Å². The van der Waals surface area contributed by atoms with Crippen LogP contribution in [0.5, 0.6) is 0 Å². The minimum Gasteiger partial charge on any atom is -0.369 e. The molecule has 1 heterocycles. The van der Waals surface area contributed by atoms with Gasteiger partial charge in [0.15, 0.2) is 0 Å². The first-order valence-electron chi connectivity index (χ1n) is 9.85. The summed E-state index contributed by atoms with van der Waals surface area (Å²) in [5.74, 6) is 0.294. The largest absolute Gasteiger partial charge is 0.369 e. The van der Waals surface area contributed by atoms with Crippen LogP contribution in [0.25, 0.3) is 0 Å². The molecule has 5 nitrogen and oxygen atoms in total. The third kappa shape index (κ3) is 5.46. The van der Waals surface area contributed by atoms with Gasteiger partial charge in [0, 0.05) is 30.3 Å². The van der Waals surface area contributed by atoms with Gasteiger partial charge >= 0.3 is 0 Å². The Morgan fingerprint density at radius 1 is 1.13 bits per heavy atom. The van der Waals surface area contributed by atoms with Gasteiger partial charge in [-0.25, -0.2) is 4.39 Å². The number of nitrogens with one attached hydrogen (secondary N) is 2. The molecule has 1 atom stereocenters. The maximum atomic E-state index is 13.9. The lowest BCUT2D eigenvalue weighted by molar-refractivity contribution is -0.118. The molecule has 1 aliphatic rings. The molecule has 2 N–H and O–H groups in total. The number of rotatable bonds is 6. The van der Waals surface area contributed by atoms with Gasteiger partial charge in [0.05, 0.1) is 16.3 Å². The highest BCUT2D eigenvalue weighted by Crippen LogP contribution is 2.30. The summed E-state index contributed by atoms with van der Waals surface area (Å²) in [6.45, 7) is 5.51. The summed E-state index contributed by atoms with van der Waals surface area (Å²) in [4.78, 5) is 27.5. The van der Waals surface area contributed by atoms with E-state index in [-0.39, 0.29) is 17.4 Å². The fourth-order valence-corrected chi connectivity index (χ4v) is 4.47. The number of anilines is 2. The lowest BCUT2D eigenvalue weighted by atomic mass is 10.0. The van der Waals surface area contributed by atoms with Gasteiger partial charge in [-0.15, -0.1) is 0 Å². The minimum atomic E-state index is -0.824. The summed E-state index contributed by atoms with van der Waals surface area (Å²) in [6.07, 6.45) is 0. The van der Waals surface area contributed by atoms with Crippen molar-refractivity contribution >= 4 is 46.6 Å². The van der Waals surface area contributed by atoms with Crippen LogP contribution in [0.15, 0.2) is 42.5 Å². The second-order valence-corrected chi connectivity index (χ2v) is 9.06. The molecule has 0 aliphatic carbocycles. The molecule has 2 aromatic rings. The second kappa shape index (κ2) is 10.2. The van der Waals surface area contributed by atoms with E-state index in [0.717, 1.165) is 30.3 Å². The van der Waals surface area contributed by atoms with Crippen LogP contribution in [0, 0.1) is 11.7 Å². The van der Waals surface area contributed by atoms with Crippen LogP contribution in [0.1, 0.15) is 24.2 Å². The maximum Gasteiger partial charge on any atom is 0.254 e. The molecule has 0 radical (unpaired) electrons. The van der Waals surface area contributed by atoms with E-state index in [1.807, 2.05) is 31.7 Å². The Labute approximate surface area is 185 Å². The third-order valence-electron chi connectivity index (χ3n) is 4.92. The first-order chi connectivity index (χ1) is 14.4. The predicted molar refractivity (Wildman–Crippen MR) is 122 cm³/mol. The topological polar surface area (TPSA) is 61.4 Å². The first-order valence-corrected chi connectivity index (χ1v) is 11.4. The van der Waals surface area contributed by atoms with Crippen molar-refractivity contribution in [1.82, 2.24) is 5.32 Å². The number of nitrogens with zero attached hydrogens (tertiary/aromatic N) is 1. The summed E-state index contributed by atoms with van der Waals surface area (Å²) in [6, 6.07) is 10.3. The zero-order chi connectivity index (χ0) is 21.7. The number of carbonyl (C=O) groups is 2. The van der Waals surface area contributed by atoms with Crippen LogP contribution in [0.3, 0.4) is 0 Å². The Balaban J connectivity index is 1.69. The summed E-state index contributed by atoms with van der Waals surface area (Å²) in [5, 5.41) is 6.01. The highest BCUT2D eigenvalue weighted by atomic mass is 35.5. The van der Waals surface area contributed by atoms with E-state index in [1.54, 1.807) is 18.2 Å². The van der Waals surface area contributed by atoms with Crippen LogP contribution < -0.4 is 15.5 Å². The quantitative estimate of drug-likeness (QED) is 0.685. The zero-order valence-corrected chi connectivity index (χ0v) is 18.5. The van der Waals surface area contributed by atoms with Crippen molar-refractivity contribution in [1.29, 1.82) is 0 Å². The van der Waals surface area contributed by atoms with Crippen molar-refractivity contribution in [2.75, 3.05) is 34.8 Å². The van der Waals surface area contributed by atoms with Crippen LogP contribution in [0.4, 0.5) is 15.8 Å². The molecule has 30 heavy (non-hydrogen) atoms. The Kier molecular flexibility index (Phi) is 7.61. The average Bonchev–Trinajstić information content (AvgIpc) is 2.72. The lowest BCUT2D eigenvalue weighted by Gasteiger charge is -2.29. The first kappa shape index (κ1) is 22.4. The van der Waals surface area contributed by atoms with Crippen molar-refractivity contribution in [2.24, 2.45) is 5.92 Å². The van der Waals surface area contributed by atoms with Gasteiger partial charge in [0.25, 0.3) is 5.91 Å². The summed E-state index contributed by atoms with van der Waals surface area (Å²) < 4.78 is 13.9. The van der Waals surface area contributed by atoms with E-state index in [1.165, 1.54) is 18.2 Å². The molecule has 3 rings (SSSR count). The van der Waals surface area contributed by atoms with Gasteiger partial charge in [-0.2, -0.15) is 11.8 Å². The van der Waals surface area contributed by atoms with E-state index in [2.05, 4.69) is 15.5 Å². The molecule has 1 aliphatic heterocycles. The maximum absolute atomic E-state index is 13.9. The fourth-order valence-electron chi connectivity index (χ4n) is 3.26. The standard InChI is InChI=1S/C22H25ClFN3O2S/c1-14(2)20(26-21(28)16-5-3-4-6-18(16)24)22(29)25-15-7-8-19(17(23)13-15)27-9-11-30-12-10-27/h3-8,13-14,20H,9-12H2,1-2H3,(H,25,29)(H,26,28). The second-order valence-electron chi connectivity index (χ2n) is 7.43. The van der Waals surface area contributed by atoms with E-state index < -0.39 is 17.8 Å². The molecule has 1 fully saturated rings. The highest BCUT2D eigenvalue weighted by Gasteiger charge is 2.26. The Hall–Kier alpha value is -2.25. The summed E-state index contributed by atoms with van der Waals surface area (Å²) in [7, 11) is 0. The number of hydrogen-bond acceptors (Lipinski definition) is 4. The Morgan fingerprint density at radius 2 is 1.83 bits per heavy atom. The van der Waals surface area contributed by atoms with Crippen LogP contribution in [0.2, 0.25) is 5.02 Å². The van der Waals surface area contributed by atoms with Crippen molar-refractivity contribution in [2.45, 2.75) is 19.9 Å². The average molecular weight is 450 g/mol. The molecule has 160 valence electrons. The smallest absolute Gasteiger partial charge is 0.254 e. The normalized spacial score (nSPS) is 15.0. The monoisotopic (exact) mass is 449 g/mol. The molecule has 1 saturated heterocycles. The van der Waals surface area contributed by atoms with E-state index in [4.69, 9.17) is 11.6 Å². The van der Waals surface area contributed by atoms with Crippen molar-refractivity contribution < 1.29 is 14.0 Å². The van der Waals surface area contributed by atoms with Gasteiger partial charge in [-0.3, -0.25) is 9.59 Å². The third-order valence-corrected chi connectivity index (χ3v) is 6.17. The number of benzene rings is 2. The SMILES string of the molecule is CC(C)C(NC(=O)c1ccccc1F)C(=O)Nc1ccc(N2CCSCC2)c(Cl)c1. The lowest BCUT2D eigenvalue weighted by Crippen LogP contribution is -2.47. The van der Waals surface area contributed by atoms with Gasteiger partial charge in [-0.05, 0) is 36.2 Å². The number of amides is 2. The summed E-state index contributed by atoms with van der Waals surface area (Å²) >= 11 is 8.38. The molecular weight excluding hydrogens is 425 g/mol. The van der Waals surface area contributed by atoms with Crippen molar-refractivity contribution in [3.63, 3.8) is 0 Å². The highest BCUT2D eigenvalue weighted by molar-refractivity contribution is 7.99. The van der Waals surface area contributed by atoms with E-state index in [9.17, 15) is 14.0 Å². The fraction of sp³-hybridized carbons (Fsp3) is 0.364. The molecule has 2 amide bonds. The van der Waals surface area contributed by atoms with Crippen LogP contribution in [-0.2, 0) is 4.79 Å². The molecule has 2 aromatic carbocycles. The zero-order valence-electron chi connectivity index (χ0n) is 17.0. The van der Waals surface area contributed by atoms with Gasteiger partial charge in [0.1, 0.15) is 11.9 Å². The number of hydrogen-bond donors (Lipinski definition) is 2. The number of thioether (sulfide) groups is 1. The molecule has 0 aromatic heterocycles. The number of carbonyl (C=O) groups excluding carboxylic acids is 2. The van der Waals surface area contributed by atoms with Gasteiger partial charge < -0.3 is 15.5 Å². The minimum absolute atomic E-state index is 0.0944. The number of halogens is 2. The van der Waals surface area contributed by atoms with E-state index >= 15 is 0 Å². The van der Waals surface area contributed by atoms with Gasteiger partial charge in [0.2, 0.25) is 5.91 Å². The van der Waals surface area contributed by atoms with Crippen LogP contribution in [-0.4, -0.2) is 42.5 Å². The molecule has 0 spiro atoms. The molecule has 0 bridgehead atoms. The van der Waals surface area contributed by atoms with E-state index in [0.29, 0.717) is 10.7 Å². The molecule has 8 heteroatoms. The predicted octanol–water partition coefficient (Wildman–Crippen LogP) is 4.43. The molecule has 0 saturated carbocycles.